The zero-order valence-corrected chi connectivity index (χ0v) is 14.2. The molecule has 0 bridgehead atoms. The number of carbonyl (C=O) groups excluding carboxylic acids is 1. The lowest BCUT2D eigenvalue weighted by Crippen LogP contribution is -2.33. The normalized spacial score (nSPS) is 10.2. The van der Waals surface area contributed by atoms with Crippen LogP contribution in [-0.4, -0.2) is 45.6 Å². The maximum atomic E-state index is 12.0. The first-order valence-corrected chi connectivity index (χ1v) is 8.07. The van der Waals surface area contributed by atoms with Gasteiger partial charge in [0, 0.05) is 36.6 Å². The van der Waals surface area contributed by atoms with Gasteiger partial charge in [0.15, 0.2) is 5.16 Å². The van der Waals surface area contributed by atoms with Crippen molar-refractivity contribution in [1.29, 1.82) is 0 Å². The summed E-state index contributed by atoms with van der Waals surface area (Å²) in [6, 6.07) is 7.04. The number of nitrogens with one attached hydrogen (secondary N) is 1. The molecular formula is C16H18N4O3S. The second-order valence-corrected chi connectivity index (χ2v) is 6.15. The molecule has 2 amide bonds. The summed E-state index contributed by atoms with van der Waals surface area (Å²) in [6.07, 6.45) is 3.28. The molecule has 2 aromatic rings. The maximum absolute atomic E-state index is 12.0. The van der Waals surface area contributed by atoms with Crippen molar-refractivity contribution in [3.63, 3.8) is 0 Å². The molecule has 0 saturated heterocycles. The van der Waals surface area contributed by atoms with Gasteiger partial charge in [0.25, 0.3) is 0 Å². The van der Waals surface area contributed by atoms with Crippen LogP contribution in [0.5, 0.6) is 0 Å². The first-order valence-electron chi connectivity index (χ1n) is 7.25. The highest BCUT2D eigenvalue weighted by Gasteiger charge is 2.12. The van der Waals surface area contributed by atoms with Crippen LogP contribution in [-0.2, 0) is 4.79 Å². The molecule has 126 valence electrons. The monoisotopic (exact) mass is 346 g/mol. The minimum atomic E-state index is -0.935. The molecule has 0 aliphatic rings. The predicted molar refractivity (Wildman–Crippen MR) is 91.2 cm³/mol. The van der Waals surface area contributed by atoms with E-state index in [4.69, 9.17) is 5.11 Å². The number of hydrogen-bond donors (Lipinski definition) is 2. The summed E-state index contributed by atoms with van der Waals surface area (Å²) in [6.45, 7) is 2.04. The number of carboxylic acids is 1. The van der Waals surface area contributed by atoms with E-state index in [0.717, 1.165) is 10.5 Å². The van der Waals surface area contributed by atoms with Crippen LogP contribution < -0.4 is 5.32 Å². The number of aliphatic carboxylic acids is 1. The SMILES string of the molecule is Cc1cc(Sc2ncccn2)ccc1NC(=O)N(C)CCC(=O)O. The molecule has 0 aliphatic carbocycles. The first-order chi connectivity index (χ1) is 11.5. The Balaban J connectivity index is 1.99. The molecule has 0 aliphatic heterocycles. The van der Waals surface area contributed by atoms with E-state index < -0.39 is 5.97 Å². The highest BCUT2D eigenvalue weighted by Crippen LogP contribution is 2.27. The molecule has 2 rings (SSSR count). The number of anilines is 1. The van der Waals surface area contributed by atoms with Crippen LogP contribution in [0.2, 0.25) is 0 Å². The fourth-order valence-corrected chi connectivity index (χ4v) is 2.67. The van der Waals surface area contributed by atoms with Gasteiger partial charge in [-0.2, -0.15) is 0 Å². The summed E-state index contributed by atoms with van der Waals surface area (Å²) >= 11 is 1.44. The molecule has 1 aromatic heterocycles. The third-order valence-corrected chi connectivity index (χ3v) is 4.08. The number of amides is 2. The average molecular weight is 346 g/mol. The van der Waals surface area contributed by atoms with Crippen LogP contribution in [0.1, 0.15) is 12.0 Å². The first kappa shape index (κ1) is 17.7. The minimum absolute atomic E-state index is 0.0877. The van der Waals surface area contributed by atoms with E-state index in [2.05, 4.69) is 15.3 Å². The highest BCUT2D eigenvalue weighted by molar-refractivity contribution is 7.99. The Morgan fingerprint density at radius 2 is 2.00 bits per heavy atom. The van der Waals surface area contributed by atoms with Crippen LogP contribution in [0.25, 0.3) is 0 Å². The minimum Gasteiger partial charge on any atom is -0.481 e. The molecule has 0 spiro atoms. The third kappa shape index (κ3) is 5.24. The molecule has 0 fully saturated rings. The molecule has 1 aromatic carbocycles. The van der Waals surface area contributed by atoms with Gasteiger partial charge in [0.2, 0.25) is 0 Å². The predicted octanol–water partition coefficient (Wildman–Crippen LogP) is 2.87. The quantitative estimate of drug-likeness (QED) is 0.781. The second-order valence-electron chi connectivity index (χ2n) is 5.11. The average Bonchev–Trinajstić information content (AvgIpc) is 2.56. The lowest BCUT2D eigenvalue weighted by atomic mass is 10.2. The fraction of sp³-hybridized carbons (Fsp3) is 0.250. The maximum Gasteiger partial charge on any atom is 0.321 e. The van der Waals surface area contributed by atoms with Crippen molar-refractivity contribution in [3.8, 4) is 0 Å². The largest absolute Gasteiger partial charge is 0.481 e. The molecule has 24 heavy (non-hydrogen) atoms. The van der Waals surface area contributed by atoms with Gasteiger partial charge in [-0.15, -0.1) is 0 Å². The second kappa shape index (κ2) is 8.30. The number of aromatic nitrogens is 2. The van der Waals surface area contributed by atoms with Gasteiger partial charge >= 0.3 is 12.0 Å². The Morgan fingerprint density at radius 1 is 1.29 bits per heavy atom. The van der Waals surface area contributed by atoms with E-state index in [9.17, 15) is 9.59 Å². The lowest BCUT2D eigenvalue weighted by molar-refractivity contribution is -0.137. The van der Waals surface area contributed by atoms with E-state index in [1.54, 1.807) is 25.5 Å². The molecule has 7 nitrogen and oxygen atoms in total. The number of hydrogen-bond acceptors (Lipinski definition) is 5. The van der Waals surface area contributed by atoms with Crippen molar-refractivity contribution >= 4 is 29.4 Å². The molecule has 0 saturated carbocycles. The molecule has 0 unspecified atom stereocenters. The van der Waals surface area contributed by atoms with Crippen molar-refractivity contribution < 1.29 is 14.7 Å². The van der Waals surface area contributed by atoms with E-state index in [1.165, 1.54) is 16.7 Å². The van der Waals surface area contributed by atoms with Crippen LogP contribution in [0.4, 0.5) is 10.5 Å². The Bertz CT molecular complexity index is 725. The Kier molecular flexibility index (Phi) is 6.14. The summed E-state index contributed by atoms with van der Waals surface area (Å²) in [4.78, 5) is 33.2. The number of carboxylic acid groups (broad SMARTS) is 1. The zero-order chi connectivity index (χ0) is 17.5. The smallest absolute Gasteiger partial charge is 0.321 e. The van der Waals surface area contributed by atoms with Crippen molar-refractivity contribution in [1.82, 2.24) is 14.9 Å². The Labute approximate surface area is 144 Å². The number of aryl methyl sites for hydroxylation is 1. The van der Waals surface area contributed by atoms with Crippen LogP contribution in [0, 0.1) is 6.92 Å². The van der Waals surface area contributed by atoms with E-state index >= 15 is 0 Å². The van der Waals surface area contributed by atoms with Crippen molar-refractivity contribution in [2.45, 2.75) is 23.4 Å². The van der Waals surface area contributed by atoms with Gasteiger partial charge in [-0.05, 0) is 48.5 Å². The summed E-state index contributed by atoms with van der Waals surface area (Å²) in [5.41, 5.74) is 1.58. The molecule has 0 atom stereocenters. The van der Waals surface area contributed by atoms with Gasteiger partial charge < -0.3 is 15.3 Å². The van der Waals surface area contributed by atoms with Crippen molar-refractivity contribution in [3.05, 3.63) is 42.2 Å². The number of urea groups is 1. The Hall–Kier alpha value is -2.61. The fourth-order valence-electron chi connectivity index (χ4n) is 1.86. The highest BCUT2D eigenvalue weighted by atomic mass is 32.2. The summed E-state index contributed by atoms with van der Waals surface area (Å²) in [5.74, 6) is -0.935. The van der Waals surface area contributed by atoms with Crippen LogP contribution >= 0.6 is 11.8 Å². The summed E-state index contributed by atoms with van der Waals surface area (Å²) in [7, 11) is 1.56. The molecular weight excluding hydrogens is 328 g/mol. The molecule has 8 heteroatoms. The number of benzene rings is 1. The van der Waals surface area contributed by atoms with Gasteiger partial charge in [-0.1, -0.05) is 0 Å². The van der Waals surface area contributed by atoms with Crippen molar-refractivity contribution in [2.24, 2.45) is 0 Å². The molecule has 2 N–H and O–H groups in total. The third-order valence-electron chi connectivity index (χ3n) is 3.20. The summed E-state index contributed by atoms with van der Waals surface area (Å²) in [5, 5.41) is 12.1. The van der Waals surface area contributed by atoms with Crippen LogP contribution in [0.3, 0.4) is 0 Å². The molecule has 0 radical (unpaired) electrons. The van der Waals surface area contributed by atoms with Gasteiger partial charge in [-0.25, -0.2) is 14.8 Å². The number of nitrogens with zero attached hydrogens (tertiary/aromatic N) is 3. The van der Waals surface area contributed by atoms with E-state index in [-0.39, 0.29) is 19.0 Å². The Morgan fingerprint density at radius 3 is 2.62 bits per heavy atom. The van der Waals surface area contributed by atoms with Gasteiger partial charge in [0.05, 0.1) is 6.42 Å². The molecule has 1 heterocycles. The standard InChI is InChI=1S/C16H18N4O3S/c1-11-10-12(24-15-17-7-3-8-18-15)4-5-13(11)19-16(23)20(2)9-6-14(21)22/h3-5,7-8,10H,6,9H2,1-2H3,(H,19,23)(H,21,22). The van der Waals surface area contributed by atoms with E-state index in [1.807, 2.05) is 25.1 Å². The van der Waals surface area contributed by atoms with Crippen LogP contribution in [0.15, 0.2) is 46.7 Å². The summed E-state index contributed by atoms with van der Waals surface area (Å²) < 4.78 is 0. The topological polar surface area (TPSA) is 95.4 Å². The van der Waals surface area contributed by atoms with Gasteiger partial charge in [0.1, 0.15) is 0 Å². The van der Waals surface area contributed by atoms with Crippen molar-refractivity contribution in [2.75, 3.05) is 18.9 Å². The van der Waals surface area contributed by atoms with Gasteiger partial charge in [-0.3, -0.25) is 4.79 Å². The number of carbonyl (C=O) groups is 2. The lowest BCUT2D eigenvalue weighted by Gasteiger charge is -2.18. The zero-order valence-electron chi connectivity index (χ0n) is 13.4. The number of rotatable bonds is 6. The van der Waals surface area contributed by atoms with E-state index in [0.29, 0.717) is 10.8 Å².